The third-order valence-electron chi connectivity index (χ3n) is 5.59. The van der Waals surface area contributed by atoms with Crippen LogP contribution < -0.4 is 14.5 Å². The predicted octanol–water partition coefficient (Wildman–Crippen LogP) is 4.84. The largest absolute Gasteiger partial charge is 0.433 e. The molecule has 1 aliphatic rings. The third-order valence-corrected chi connectivity index (χ3v) is 7.61. The highest BCUT2D eigenvalue weighted by molar-refractivity contribution is 6.90. The molecule has 4 aromatic rings. The minimum Gasteiger partial charge on any atom is -0.433 e. The topological polar surface area (TPSA) is 26.0 Å². The molecule has 0 unspecified atom stereocenters. The zero-order chi connectivity index (χ0) is 18.9. The lowest BCUT2D eigenvalue weighted by atomic mass is 9.94. The highest BCUT2D eigenvalue weighted by atomic mass is 28.3. The summed E-state index contributed by atoms with van der Waals surface area (Å²) in [5.41, 5.74) is 5.78. The Hall–Kier alpha value is -2.72. The zero-order valence-corrected chi connectivity index (χ0v) is 17.4. The van der Waals surface area contributed by atoms with Crippen molar-refractivity contribution in [3.63, 3.8) is 0 Å². The summed E-state index contributed by atoms with van der Waals surface area (Å²) < 4.78 is 8.61. The van der Waals surface area contributed by atoms with Gasteiger partial charge in [-0.3, -0.25) is 0 Å². The molecule has 3 aromatic carbocycles. The van der Waals surface area contributed by atoms with Gasteiger partial charge in [-0.05, 0) is 29.1 Å². The van der Waals surface area contributed by atoms with E-state index in [-0.39, 0.29) is 0 Å². The molecule has 2 heterocycles. The molecule has 3 nitrogen and oxygen atoms in total. The lowest BCUT2D eigenvalue weighted by molar-refractivity contribution is -0.634. The second-order valence-corrected chi connectivity index (χ2v) is 13.5. The van der Waals surface area contributed by atoms with Crippen LogP contribution in [0.4, 0.5) is 0 Å². The molecule has 0 spiro atoms. The Morgan fingerprint density at radius 3 is 2.52 bits per heavy atom. The summed E-state index contributed by atoms with van der Waals surface area (Å²) in [6.45, 7) is 9.27. The van der Waals surface area contributed by atoms with Gasteiger partial charge in [-0.1, -0.05) is 56.0 Å². The molecule has 0 fully saturated rings. The van der Waals surface area contributed by atoms with Gasteiger partial charge in [0.1, 0.15) is 18.3 Å². The van der Waals surface area contributed by atoms with Gasteiger partial charge in [0.05, 0.1) is 13.6 Å². The highest BCUT2D eigenvalue weighted by Crippen LogP contribution is 2.45. The van der Waals surface area contributed by atoms with E-state index in [0.29, 0.717) is 5.88 Å². The second kappa shape index (κ2) is 5.39. The summed E-state index contributed by atoms with van der Waals surface area (Å²) in [4.78, 5) is 5.06. The molecule has 134 valence electrons. The lowest BCUT2D eigenvalue weighted by Crippen LogP contribution is -2.42. The van der Waals surface area contributed by atoms with Gasteiger partial charge >= 0.3 is 0 Å². The van der Waals surface area contributed by atoms with Crippen LogP contribution in [0.25, 0.3) is 33.1 Å². The summed E-state index contributed by atoms with van der Waals surface area (Å²) in [6, 6.07) is 17.2. The molecular weight excluding hydrogens is 348 g/mol. The van der Waals surface area contributed by atoms with Crippen LogP contribution in [-0.2, 0) is 7.05 Å². The summed E-state index contributed by atoms with van der Waals surface area (Å²) in [6.07, 6.45) is 0. The van der Waals surface area contributed by atoms with Gasteiger partial charge in [-0.25, -0.2) is 4.98 Å². The van der Waals surface area contributed by atoms with Crippen LogP contribution in [-0.4, -0.2) is 13.1 Å². The number of hydrogen-bond acceptors (Lipinski definition) is 2. The van der Waals surface area contributed by atoms with E-state index in [9.17, 15) is 0 Å². The van der Waals surface area contributed by atoms with Crippen LogP contribution in [0.5, 0.6) is 11.6 Å². The summed E-state index contributed by atoms with van der Waals surface area (Å²) >= 11 is 0. The molecule has 0 atom stereocenters. The van der Waals surface area contributed by atoms with Crippen LogP contribution in [0.2, 0.25) is 19.6 Å². The van der Waals surface area contributed by atoms with E-state index in [1.807, 2.05) is 6.07 Å². The number of fused-ring (bicyclic) bond motifs is 3. The molecular formula is C23H23N2OSi+. The van der Waals surface area contributed by atoms with Crippen LogP contribution >= 0.6 is 0 Å². The normalized spacial score (nSPS) is 12.9. The maximum absolute atomic E-state index is 6.34. The number of benzene rings is 3. The molecule has 27 heavy (non-hydrogen) atoms. The first-order valence-electron chi connectivity index (χ1n) is 9.40. The van der Waals surface area contributed by atoms with Gasteiger partial charge in [0.25, 0.3) is 11.6 Å². The van der Waals surface area contributed by atoms with Crippen LogP contribution in [0.1, 0.15) is 5.56 Å². The quantitative estimate of drug-likeness (QED) is 0.311. The number of rotatable bonds is 1. The van der Waals surface area contributed by atoms with Crippen molar-refractivity contribution in [1.29, 1.82) is 0 Å². The molecule has 0 radical (unpaired) electrons. The predicted molar refractivity (Wildman–Crippen MR) is 114 cm³/mol. The smallest absolute Gasteiger partial charge is 0.294 e. The average Bonchev–Trinajstić information content (AvgIpc) is 2.63. The average molecular weight is 372 g/mol. The Kier molecular flexibility index (Phi) is 3.29. The number of ether oxygens (including phenoxy) is 1. The number of nitrogens with zero attached hydrogens (tertiary/aromatic N) is 2. The molecule has 0 amide bonds. The Morgan fingerprint density at radius 2 is 1.74 bits per heavy atom. The third kappa shape index (κ3) is 2.26. The lowest BCUT2D eigenvalue weighted by Gasteiger charge is -2.22. The van der Waals surface area contributed by atoms with Crippen molar-refractivity contribution in [2.75, 3.05) is 0 Å². The van der Waals surface area contributed by atoms with Crippen molar-refractivity contribution in [2.45, 2.75) is 26.6 Å². The van der Waals surface area contributed by atoms with Crippen molar-refractivity contribution in [2.24, 2.45) is 7.05 Å². The fraction of sp³-hybridized carbons (Fsp3) is 0.217. The van der Waals surface area contributed by atoms with E-state index in [0.717, 1.165) is 22.5 Å². The first kappa shape index (κ1) is 16.5. The second-order valence-electron chi connectivity index (χ2n) is 8.46. The molecule has 0 saturated carbocycles. The van der Waals surface area contributed by atoms with Crippen LogP contribution in [0.3, 0.4) is 0 Å². The molecule has 1 aliphatic heterocycles. The van der Waals surface area contributed by atoms with Gasteiger partial charge in [-0.2, -0.15) is 4.57 Å². The number of aryl methyl sites for hydroxylation is 2. The summed E-state index contributed by atoms with van der Waals surface area (Å²) in [5, 5.41) is 3.76. The van der Waals surface area contributed by atoms with E-state index in [2.05, 4.69) is 80.6 Å². The minimum absolute atomic E-state index is 0.713. The maximum atomic E-state index is 6.34. The zero-order valence-electron chi connectivity index (χ0n) is 16.4. The van der Waals surface area contributed by atoms with Gasteiger partial charge in [0.15, 0.2) is 0 Å². The van der Waals surface area contributed by atoms with E-state index in [4.69, 9.17) is 9.72 Å². The molecule has 0 saturated heterocycles. The van der Waals surface area contributed by atoms with E-state index in [1.165, 1.54) is 27.1 Å². The van der Waals surface area contributed by atoms with Gasteiger partial charge < -0.3 is 4.74 Å². The maximum Gasteiger partial charge on any atom is 0.294 e. The number of para-hydroxylation sites is 1. The van der Waals surface area contributed by atoms with E-state index >= 15 is 0 Å². The van der Waals surface area contributed by atoms with Gasteiger partial charge in [0, 0.05) is 11.5 Å². The Morgan fingerprint density at radius 1 is 0.963 bits per heavy atom. The van der Waals surface area contributed by atoms with Crippen LogP contribution in [0.15, 0.2) is 48.5 Å². The monoisotopic (exact) mass is 371 g/mol. The van der Waals surface area contributed by atoms with Gasteiger partial charge in [-0.15, -0.1) is 0 Å². The Bertz CT molecular complexity index is 1260. The van der Waals surface area contributed by atoms with Crippen molar-refractivity contribution in [1.82, 2.24) is 4.98 Å². The number of hydrogen-bond donors (Lipinski definition) is 0. The highest BCUT2D eigenvalue weighted by Gasteiger charge is 2.33. The van der Waals surface area contributed by atoms with Gasteiger partial charge in [0.2, 0.25) is 5.52 Å². The Balaban J connectivity index is 1.96. The molecule has 5 rings (SSSR count). The number of aromatic nitrogens is 2. The molecule has 1 aromatic heterocycles. The molecule has 4 heteroatoms. The fourth-order valence-electron chi connectivity index (χ4n) is 4.23. The molecule has 0 bridgehead atoms. The minimum atomic E-state index is -1.53. The van der Waals surface area contributed by atoms with Crippen molar-refractivity contribution in [3.8, 4) is 22.9 Å². The first-order valence-corrected chi connectivity index (χ1v) is 12.9. The van der Waals surface area contributed by atoms with Crippen molar-refractivity contribution >= 4 is 35.1 Å². The summed E-state index contributed by atoms with van der Waals surface area (Å²) in [5.74, 6) is 1.61. The summed E-state index contributed by atoms with van der Waals surface area (Å²) in [7, 11) is 0.603. The van der Waals surface area contributed by atoms with E-state index < -0.39 is 8.07 Å². The Labute approximate surface area is 160 Å². The van der Waals surface area contributed by atoms with E-state index in [1.54, 1.807) is 0 Å². The molecule has 0 N–H and O–H groups in total. The first-order chi connectivity index (χ1) is 12.9. The van der Waals surface area contributed by atoms with Crippen molar-refractivity contribution in [3.05, 3.63) is 54.1 Å². The SMILES string of the molecule is Cc1ccc2cccc3c2c1-c1c(nc2c([Si](C)(C)C)cccc2[n+]1C)O3. The standard InChI is InChI=1S/C23H23N2OSi/c1-14-12-13-15-8-6-10-17-20(15)19(14)22-23(26-17)24-21-16(25(22)2)9-7-11-18(21)27(3,4)5/h6-13H,1-5H3/q+1. The fourth-order valence-corrected chi connectivity index (χ4v) is 5.72. The van der Waals surface area contributed by atoms with Crippen LogP contribution in [0, 0.1) is 6.92 Å². The van der Waals surface area contributed by atoms with Crippen molar-refractivity contribution < 1.29 is 9.30 Å². The molecule has 0 aliphatic carbocycles.